The lowest BCUT2D eigenvalue weighted by Crippen LogP contribution is -2.30. The number of hydrazine groups is 1. The highest BCUT2D eigenvalue weighted by molar-refractivity contribution is 5.75. The van der Waals surface area contributed by atoms with Crippen molar-refractivity contribution in [1.82, 2.24) is 5.43 Å². The van der Waals surface area contributed by atoms with Crippen molar-refractivity contribution in [2.24, 2.45) is 5.84 Å². The summed E-state index contributed by atoms with van der Waals surface area (Å²) in [5.74, 6) is 5.57. The molecule has 0 fully saturated rings. The van der Waals surface area contributed by atoms with Gasteiger partial charge in [0.25, 0.3) is 0 Å². The molecule has 0 aliphatic heterocycles. The van der Waals surface area contributed by atoms with E-state index in [1.807, 2.05) is 31.2 Å². The summed E-state index contributed by atoms with van der Waals surface area (Å²) in [7, 11) is 0. The monoisotopic (exact) mass is 252 g/mol. The van der Waals surface area contributed by atoms with Gasteiger partial charge in [-0.3, -0.25) is 10.2 Å². The lowest BCUT2D eigenvalue weighted by atomic mass is 10.1. The Hall–Kier alpha value is -1.59. The van der Waals surface area contributed by atoms with Crippen LogP contribution >= 0.6 is 0 Å². The lowest BCUT2D eigenvalue weighted by molar-refractivity contribution is -0.121. The normalized spacial score (nSPS) is 11.9. The Bertz CT molecular complexity index is 365. The minimum absolute atomic E-state index is 0.0500. The SMILES string of the molecule is CC(CCC(=O)NN)Oc1ccc(CCO)cc1. The van der Waals surface area contributed by atoms with Crippen LogP contribution in [0.5, 0.6) is 5.75 Å². The first-order chi connectivity index (χ1) is 8.65. The smallest absolute Gasteiger partial charge is 0.234 e. The van der Waals surface area contributed by atoms with Crippen LogP contribution < -0.4 is 16.0 Å². The highest BCUT2D eigenvalue weighted by Crippen LogP contribution is 2.15. The first-order valence-corrected chi connectivity index (χ1v) is 6.01. The van der Waals surface area contributed by atoms with Crippen LogP contribution in [0.4, 0.5) is 0 Å². The molecule has 1 amide bonds. The summed E-state index contributed by atoms with van der Waals surface area (Å²) in [6.45, 7) is 2.05. The van der Waals surface area contributed by atoms with E-state index in [0.717, 1.165) is 11.3 Å². The number of aliphatic hydroxyl groups is 1. The fourth-order valence-electron chi connectivity index (χ4n) is 1.56. The first-order valence-electron chi connectivity index (χ1n) is 6.01. The van der Waals surface area contributed by atoms with Crippen LogP contribution in [-0.2, 0) is 11.2 Å². The molecule has 1 aromatic carbocycles. The molecular weight excluding hydrogens is 232 g/mol. The Balaban J connectivity index is 2.39. The summed E-state index contributed by atoms with van der Waals surface area (Å²) in [4.78, 5) is 11.0. The second kappa shape index (κ2) is 7.68. The molecule has 100 valence electrons. The molecule has 1 aromatic rings. The van der Waals surface area contributed by atoms with Crippen LogP contribution in [0.25, 0.3) is 0 Å². The maximum absolute atomic E-state index is 11.0. The molecule has 1 unspecified atom stereocenters. The predicted molar refractivity (Wildman–Crippen MR) is 68.9 cm³/mol. The molecule has 1 atom stereocenters. The summed E-state index contributed by atoms with van der Waals surface area (Å²) in [6.07, 6.45) is 1.56. The molecule has 0 spiro atoms. The van der Waals surface area contributed by atoms with Crippen LogP contribution in [0.3, 0.4) is 0 Å². The molecule has 0 heterocycles. The zero-order chi connectivity index (χ0) is 13.4. The van der Waals surface area contributed by atoms with E-state index >= 15 is 0 Å². The maximum atomic E-state index is 11.0. The molecule has 5 nitrogen and oxygen atoms in total. The van der Waals surface area contributed by atoms with Gasteiger partial charge in [-0.15, -0.1) is 0 Å². The van der Waals surface area contributed by atoms with Crippen molar-refractivity contribution in [1.29, 1.82) is 0 Å². The van der Waals surface area contributed by atoms with Crippen molar-refractivity contribution in [2.75, 3.05) is 6.61 Å². The van der Waals surface area contributed by atoms with Crippen LogP contribution in [0.2, 0.25) is 0 Å². The van der Waals surface area contributed by atoms with Crippen molar-refractivity contribution < 1.29 is 14.6 Å². The molecule has 0 bridgehead atoms. The molecular formula is C13H20N2O3. The van der Waals surface area contributed by atoms with Gasteiger partial charge in [-0.05, 0) is 37.5 Å². The first kappa shape index (κ1) is 14.5. The molecule has 0 aliphatic rings. The summed E-state index contributed by atoms with van der Waals surface area (Å²) in [5.41, 5.74) is 3.16. The Morgan fingerprint density at radius 1 is 1.44 bits per heavy atom. The Morgan fingerprint density at radius 2 is 2.11 bits per heavy atom. The van der Waals surface area contributed by atoms with E-state index in [0.29, 0.717) is 19.3 Å². The molecule has 0 saturated carbocycles. The zero-order valence-corrected chi connectivity index (χ0v) is 10.6. The van der Waals surface area contributed by atoms with Gasteiger partial charge in [-0.2, -0.15) is 0 Å². The summed E-state index contributed by atoms with van der Waals surface area (Å²) >= 11 is 0. The summed E-state index contributed by atoms with van der Waals surface area (Å²) in [6, 6.07) is 7.57. The van der Waals surface area contributed by atoms with Crippen LogP contribution in [0.15, 0.2) is 24.3 Å². The van der Waals surface area contributed by atoms with Crippen molar-refractivity contribution in [3.05, 3.63) is 29.8 Å². The van der Waals surface area contributed by atoms with Gasteiger partial charge in [0.15, 0.2) is 0 Å². The summed E-state index contributed by atoms with van der Waals surface area (Å²) in [5, 5.41) is 8.80. The summed E-state index contributed by atoms with van der Waals surface area (Å²) < 4.78 is 5.66. The fourth-order valence-corrected chi connectivity index (χ4v) is 1.56. The third-order valence-corrected chi connectivity index (χ3v) is 2.60. The standard InChI is InChI=1S/C13H20N2O3/c1-10(2-7-13(17)15-14)18-12-5-3-11(4-6-12)8-9-16/h3-6,10,16H,2,7-9,14H2,1H3,(H,15,17). The van der Waals surface area contributed by atoms with Crippen molar-refractivity contribution in [3.8, 4) is 5.75 Å². The third-order valence-electron chi connectivity index (χ3n) is 2.60. The quantitative estimate of drug-likeness (QED) is 0.380. The van der Waals surface area contributed by atoms with Crippen molar-refractivity contribution in [2.45, 2.75) is 32.3 Å². The van der Waals surface area contributed by atoms with Gasteiger partial charge in [-0.1, -0.05) is 12.1 Å². The Kier molecular flexibility index (Phi) is 6.18. The average molecular weight is 252 g/mol. The topological polar surface area (TPSA) is 84.6 Å². The van der Waals surface area contributed by atoms with Gasteiger partial charge in [0.2, 0.25) is 5.91 Å². The molecule has 0 aromatic heterocycles. The van der Waals surface area contributed by atoms with E-state index in [2.05, 4.69) is 5.43 Å². The van der Waals surface area contributed by atoms with Gasteiger partial charge in [-0.25, -0.2) is 5.84 Å². The van der Waals surface area contributed by atoms with Crippen LogP contribution in [-0.4, -0.2) is 23.7 Å². The van der Waals surface area contributed by atoms with Crippen LogP contribution in [0, 0.1) is 0 Å². The van der Waals surface area contributed by atoms with Gasteiger partial charge in [0.05, 0.1) is 6.10 Å². The number of aliphatic hydroxyl groups excluding tert-OH is 1. The average Bonchev–Trinajstić information content (AvgIpc) is 2.38. The van der Waals surface area contributed by atoms with Crippen molar-refractivity contribution >= 4 is 5.91 Å². The number of carbonyl (C=O) groups excluding carboxylic acids is 1. The third kappa shape index (κ3) is 5.16. The number of hydrogen-bond acceptors (Lipinski definition) is 4. The predicted octanol–water partition coefficient (Wildman–Crippen LogP) is 0.759. The van der Waals surface area contributed by atoms with E-state index in [9.17, 15) is 4.79 Å². The molecule has 18 heavy (non-hydrogen) atoms. The van der Waals surface area contributed by atoms with Gasteiger partial charge in [0, 0.05) is 13.0 Å². The number of rotatable bonds is 7. The number of carbonyl (C=O) groups is 1. The molecule has 0 saturated heterocycles. The second-order valence-electron chi connectivity index (χ2n) is 4.15. The maximum Gasteiger partial charge on any atom is 0.234 e. The van der Waals surface area contributed by atoms with Gasteiger partial charge in [0.1, 0.15) is 5.75 Å². The highest BCUT2D eigenvalue weighted by atomic mass is 16.5. The number of benzene rings is 1. The highest BCUT2D eigenvalue weighted by Gasteiger charge is 2.07. The molecule has 5 heteroatoms. The Morgan fingerprint density at radius 3 is 2.67 bits per heavy atom. The lowest BCUT2D eigenvalue weighted by Gasteiger charge is -2.14. The number of amides is 1. The number of hydrogen-bond donors (Lipinski definition) is 3. The largest absolute Gasteiger partial charge is 0.491 e. The molecule has 0 aliphatic carbocycles. The fraction of sp³-hybridized carbons (Fsp3) is 0.462. The minimum Gasteiger partial charge on any atom is -0.491 e. The number of nitrogens with two attached hydrogens (primary N) is 1. The van der Waals surface area contributed by atoms with Crippen molar-refractivity contribution in [3.63, 3.8) is 0 Å². The molecule has 0 radical (unpaired) electrons. The van der Waals surface area contributed by atoms with Crippen LogP contribution in [0.1, 0.15) is 25.3 Å². The van der Waals surface area contributed by atoms with E-state index in [4.69, 9.17) is 15.7 Å². The molecule has 4 N–H and O–H groups in total. The second-order valence-corrected chi connectivity index (χ2v) is 4.15. The number of ether oxygens (including phenoxy) is 1. The van der Waals surface area contributed by atoms with Gasteiger partial charge < -0.3 is 9.84 Å². The minimum atomic E-state index is -0.191. The number of nitrogens with one attached hydrogen (secondary N) is 1. The van der Waals surface area contributed by atoms with Gasteiger partial charge >= 0.3 is 0 Å². The van der Waals surface area contributed by atoms with E-state index < -0.39 is 0 Å². The Labute approximate surface area is 107 Å². The van der Waals surface area contributed by atoms with E-state index in [1.165, 1.54) is 0 Å². The van der Waals surface area contributed by atoms with E-state index in [-0.39, 0.29) is 18.6 Å². The molecule has 1 rings (SSSR count). The van der Waals surface area contributed by atoms with E-state index in [1.54, 1.807) is 0 Å². The zero-order valence-electron chi connectivity index (χ0n) is 10.6.